The van der Waals surface area contributed by atoms with Gasteiger partial charge in [-0.05, 0) is 85.5 Å². The molecule has 3 aromatic rings. The van der Waals surface area contributed by atoms with E-state index in [1.165, 1.54) is 16.7 Å². The normalized spacial score (nSPS) is 19.0. The van der Waals surface area contributed by atoms with Crippen LogP contribution < -0.4 is 5.32 Å². The molecule has 180 valence electrons. The maximum absolute atomic E-state index is 14.2. The molecule has 0 unspecified atom stereocenters. The molecule has 35 heavy (non-hydrogen) atoms. The van der Waals surface area contributed by atoms with E-state index in [0.29, 0.717) is 23.2 Å². The summed E-state index contributed by atoms with van der Waals surface area (Å²) in [4.78, 5) is 28.6. The van der Waals surface area contributed by atoms with Crippen LogP contribution in [0.25, 0.3) is 11.1 Å². The molecule has 0 saturated carbocycles. The summed E-state index contributed by atoms with van der Waals surface area (Å²) in [6, 6.07) is 12.5. The van der Waals surface area contributed by atoms with E-state index in [4.69, 9.17) is 0 Å². The Morgan fingerprint density at radius 3 is 2.66 bits per heavy atom. The van der Waals surface area contributed by atoms with E-state index in [1.54, 1.807) is 0 Å². The summed E-state index contributed by atoms with van der Waals surface area (Å²) in [5.74, 6) is -0.926. The number of nitrogens with zero attached hydrogens (tertiary/aromatic N) is 2. The second-order valence-electron chi connectivity index (χ2n) is 10.2. The van der Waals surface area contributed by atoms with Crippen molar-refractivity contribution in [2.75, 3.05) is 6.54 Å². The molecule has 6 heteroatoms. The first-order valence-corrected chi connectivity index (χ1v) is 12.7. The molecule has 2 aromatic carbocycles. The summed E-state index contributed by atoms with van der Waals surface area (Å²) < 4.78 is 2.09. The molecule has 6 nitrogen and oxygen atoms in total. The van der Waals surface area contributed by atoms with Gasteiger partial charge in [-0.15, -0.1) is 0 Å². The zero-order valence-electron chi connectivity index (χ0n) is 20.1. The third-order valence-corrected chi connectivity index (χ3v) is 7.98. The van der Waals surface area contributed by atoms with Gasteiger partial charge in [0.1, 0.15) is 0 Å². The fraction of sp³-hybridized carbons (Fsp3) is 0.379. The van der Waals surface area contributed by atoms with E-state index >= 15 is 0 Å². The molecule has 0 radical (unpaired) electrons. The quantitative estimate of drug-likeness (QED) is 0.596. The number of fused-ring (bicyclic) bond motifs is 3. The van der Waals surface area contributed by atoms with Crippen LogP contribution in [0, 0.1) is 0 Å². The molecule has 0 spiro atoms. The lowest BCUT2D eigenvalue weighted by Crippen LogP contribution is -2.43. The molecule has 0 bridgehead atoms. The minimum atomic E-state index is -0.909. The number of carboxylic acids is 1. The summed E-state index contributed by atoms with van der Waals surface area (Å²) >= 11 is 0. The molecule has 3 aliphatic heterocycles. The van der Waals surface area contributed by atoms with Crippen LogP contribution >= 0.6 is 0 Å². The number of hydrogen-bond acceptors (Lipinski definition) is 3. The van der Waals surface area contributed by atoms with Gasteiger partial charge in [0.2, 0.25) is 0 Å². The van der Waals surface area contributed by atoms with E-state index in [-0.39, 0.29) is 11.9 Å². The van der Waals surface area contributed by atoms with E-state index in [9.17, 15) is 14.7 Å². The van der Waals surface area contributed by atoms with Crippen molar-refractivity contribution in [2.24, 2.45) is 0 Å². The molecule has 1 aromatic heterocycles. The second-order valence-corrected chi connectivity index (χ2v) is 10.2. The maximum Gasteiger partial charge on any atom is 0.338 e. The number of rotatable bonds is 3. The molecule has 0 fully saturated rings. The van der Waals surface area contributed by atoms with Crippen molar-refractivity contribution in [3.05, 3.63) is 81.7 Å². The first kappa shape index (κ1) is 22.1. The summed E-state index contributed by atoms with van der Waals surface area (Å²) in [6.45, 7) is 5.12. The van der Waals surface area contributed by atoms with Gasteiger partial charge in [0.25, 0.3) is 5.91 Å². The van der Waals surface area contributed by atoms with Gasteiger partial charge in [-0.3, -0.25) is 4.79 Å². The number of carboxylic acid groups (broad SMARTS) is 1. The van der Waals surface area contributed by atoms with Crippen LogP contribution in [-0.2, 0) is 38.9 Å². The predicted octanol–water partition coefficient (Wildman–Crippen LogP) is 4.42. The smallest absolute Gasteiger partial charge is 0.338 e. The number of benzene rings is 2. The lowest BCUT2D eigenvalue weighted by Gasteiger charge is -2.35. The van der Waals surface area contributed by atoms with Gasteiger partial charge < -0.3 is 19.9 Å². The summed E-state index contributed by atoms with van der Waals surface area (Å²) in [6.07, 6.45) is 6.49. The fourth-order valence-electron chi connectivity index (χ4n) is 6.12. The molecule has 0 saturated heterocycles. The first-order chi connectivity index (χ1) is 17.0. The number of aryl methyl sites for hydroxylation is 1. The molecule has 4 heterocycles. The molecular weight excluding hydrogens is 438 g/mol. The number of hydrogen-bond donors (Lipinski definition) is 2. The Morgan fingerprint density at radius 2 is 1.83 bits per heavy atom. The summed E-state index contributed by atoms with van der Waals surface area (Å²) in [5, 5.41) is 13.6. The lowest BCUT2D eigenvalue weighted by molar-refractivity contribution is 0.0655. The van der Waals surface area contributed by atoms with Gasteiger partial charge in [-0.2, -0.15) is 0 Å². The van der Waals surface area contributed by atoms with Crippen LogP contribution in [-0.4, -0.2) is 39.0 Å². The van der Waals surface area contributed by atoms with E-state index in [0.717, 1.165) is 68.6 Å². The third-order valence-electron chi connectivity index (χ3n) is 7.98. The predicted molar refractivity (Wildman–Crippen MR) is 135 cm³/mol. The Morgan fingerprint density at radius 1 is 1.00 bits per heavy atom. The van der Waals surface area contributed by atoms with Gasteiger partial charge in [0, 0.05) is 48.7 Å². The molecule has 6 rings (SSSR count). The van der Waals surface area contributed by atoms with Gasteiger partial charge in [-0.1, -0.05) is 24.3 Å². The summed E-state index contributed by atoms with van der Waals surface area (Å²) in [7, 11) is 0. The van der Waals surface area contributed by atoms with Crippen LogP contribution in [0.1, 0.15) is 68.4 Å². The van der Waals surface area contributed by atoms with Crippen molar-refractivity contribution < 1.29 is 14.7 Å². The minimum Gasteiger partial charge on any atom is -0.478 e. The van der Waals surface area contributed by atoms with Gasteiger partial charge in [0.05, 0.1) is 5.56 Å². The van der Waals surface area contributed by atoms with Crippen molar-refractivity contribution in [3.63, 3.8) is 0 Å². The van der Waals surface area contributed by atoms with Crippen LogP contribution in [0.3, 0.4) is 0 Å². The maximum atomic E-state index is 14.2. The molecule has 3 aliphatic rings. The fourth-order valence-corrected chi connectivity index (χ4v) is 6.12. The second kappa shape index (κ2) is 8.68. The Labute approximate surface area is 205 Å². The van der Waals surface area contributed by atoms with Crippen molar-refractivity contribution in [3.8, 4) is 11.1 Å². The minimum absolute atomic E-state index is 0.0177. The number of nitrogens with one attached hydrogen (secondary N) is 1. The van der Waals surface area contributed by atoms with E-state index in [1.807, 2.05) is 23.2 Å². The Hall–Kier alpha value is -3.38. The highest BCUT2D eigenvalue weighted by atomic mass is 16.4. The number of aromatic nitrogens is 1. The molecule has 1 atom stereocenters. The first-order valence-electron chi connectivity index (χ1n) is 12.7. The van der Waals surface area contributed by atoms with Crippen LogP contribution in [0.2, 0.25) is 0 Å². The Kier molecular flexibility index (Phi) is 5.49. The van der Waals surface area contributed by atoms with E-state index in [2.05, 4.69) is 41.1 Å². The SMILES string of the molecule is C[C@@H]1Cc2ccccc2CN1C(=O)c1cc2c(cc1-c1cn3c(c1C(=O)O)CCCC3)CCNC2. The standard InChI is InChI=1S/C29H31N3O3/c1-18-12-19-6-2-3-7-21(19)16-32(18)28(33)24-14-22-15-30-10-9-20(22)13-23(24)25-17-31-11-5-4-8-26(31)27(25)29(34)35/h2-3,6-7,13-14,17-18,30H,4-5,8-12,15-16H2,1H3,(H,34,35)/t18-/m1/s1. The average molecular weight is 470 g/mol. The molecule has 0 aliphatic carbocycles. The highest BCUT2D eigenvalue weighted by Gasteiger charge is 2.32. The molecule has 2 N–H and O–H groups in total. The summed E-state index contributed by atoms with van der Waals surface area (Å²) in [5.41, 5.74) is 8.13. The lowest BCUT2D eigenvalue weighted by atomic mass is 9.88. The highest BCUT2D eigenvalue weighted by Crippen LogP contribution is 2.37. The molecule has 1 amide bonds. The number of aromatic carboxylic acids is 1. The Bertz CT molecular complexity index is 1340. The molecular formula is C29H31N3O3. The van der Waals surface area contributed by atoms with Gasteiger partial charge in [-0.25, -0.2) is 4.79 Å². The van der Waals surface area contributed by atoms with Gasteiger partial charge >= 0.3 is 5.97 Å². The van der Waals surface area contributed by atoms with Crippen molar-refractivity contribution in [1.82, 2.24) is 14.8 Å². The third kappa shape index (κ3) is 3.76. The Balaban J connectivity index is 1.50. The zero-order chi connectivity index (χ0) is 24.1. The van der Waals surface area contributed by atoms with Crippen LogP contribution in [0.4, 0.5) is 0 Å². The monoisotopic (exact) mass is 469 g/mol. The van der Waals surface area contributed by atoms with Gasteiger partial charge in [0.15, 0.2) is 0 Å². The number of amides is 1. The van der Waals surface area contributed by atoms with E-state index < -0.39 is 5.97 Å². The van der Waals surface area contributed by atoms with Crippen molar-refractivity contribution in [2.45, 2.75) is 64.7 Å². The largest absolute Gasteiger partial charge is 0.478 e. The topological polar surface area (TPSA) is 74.6 Å². The van der Waals surface area contributed by atoms with Crippen molar-refractivity contribution in [1.29, 1.82) is 0 Å². The van der Waals surface area contributed by atoms with Crippen LogP contribution in [0.15, 0.2) is 42.6 Å². The number of carbonyl (C=O) groups is 2. The highest BCUT2D eigenvalue weighted by molar-refractivity contribution is 6.05. The van der Waals surface area contributed by atoms with Crippen molar-refractivity contribution >= 4 is 11.9 Å². The average Bonchev–Trinajstić information content (AvgIpc) is 3.27. The number of carbonyl (C=O) groups excluding carboxylic acids is 1. The van der Waals surface area contributed by atoms with Crippen LogP contribution in [0.5, 0.6) is 0 Å². The zero-order valence-corrected chi connectivity index (χ0v) is 20.1.